The fourth-order valence-corrected chi connectivity index (χ4v) is 4.90. The summed E-state index contributed by atoms with van der Waals surface area (Å²) in [5, 5.41) is 0. The van der Waals surface area contributed by atoms with E-state index in [1.165, 1.54) is 11.8 Å². The van der Waals surface area contributed by atoms with Crippen molar-refractivity contribution in [2.45, 2.75) is 4.87 Å². The summed E-state index contributed by atoms with van der Waals surface area (Å²) >= 11 is 4.80. The quantitative estimate of drug-likeness (QED) is 0.751. The number of thioether (sulfide) groups is 1. The Hall–Kier alpha value is -1.79. The summed E-state index contributed by atoms with van der Waals surface area (Å²) in [6.07, 6.45) is 0. The van der Waals surface area contributed by atoms with Gasteiger partial charge in [0, 0.05) is 22.8 Å². The molecule has 0 saturated carbocycles. The van der Waals surface area contributed by atoms with Crippen LogP contribution in [0.3, 0.4) is 0 Å². The van der Waals surface area contributed by atoms with Crippen LogP contribution in [0.25, 0.3) is 0 Å². The lowest BCUT2D eigenvalue weighted by Gasteiger charge is -2.32. The third-order valence-electron chi connectivity index (χ3n) is 4.28. The zero-order chi connectivity index (χ0) is 16.2. The van der Waals surface area contributed by atoms with Crippen LogP contribution >= 0.6 is 27.7 Å². The maximum atomic E-state index is 13.1. The summed E-state index contributed by atoms with van der Waals surface area (Å²) in [6.45, 7) is 0. The van der Waals surface area contributed by atoms with E-state index in [0.717, 1.165) is 21.4 Å². The number of halogens is 1. The Labute approximate surface area is 146 Å². The zero-order valence-corrected chi connectivity index (χ0v) is 14.7. The van der Waals surface area contributed by atoms with Crippen LogP contribution in [-0.4, -0.2) is 24.6 Å². The first-order chi connectivity index (χ1) is 11.1. The molecule has 0 aromatic heterocycles. The number of likely N-dealkylation sites (N-methyl/N-ethyl adjacent to an activating group) is 1. The molecule has 1 spiro atoms. The van der Waals surface area contributed by atoms with Crippen LogP contribution in [0, 0.1) is 0 Å². The molecule has 0 N–H and O–H groups in total. The molecule has 2 aliphatic rings. The van der Waals surface area contributed by atoms with Gasteiger partial charge in [-0.25, -0.2) is 0 Å². The van der Waals surface area contributed by atoms with Gasteiger partial charge in [0.1, 0.15) is 0 Å². The van der Waals surface area contributed by atoms with Crippen molar-refractivity contribution in [3.05, 3.63) is 58.6 Å². The molecule has 1 saturated heterocycles. The van der Waals surface area contributed by atoms with Crippen molar-refractivity contribution < 1.29 is 9.59 Å². The van der Waals surface area contributed by atoms with Crippen molar-refractivity contribution >= 4 is 50.9 Å². The van der Waals surface area contributed by atoms with Gasteiger partial charge in [0.15, 0.2) is 0 Å². The van der Waals surface area contributed by atoms with Gasteiger partial charge in [-0.05, 0) is 30.3 Å². The van der Waals surface area contributed by atoms with Gasteiger partial charge in [0.05, 0.1) is 11.4 Å². The molecule has 2 aromatic rings. The van der Waals surface area contributed by atoms with Crippen LogP contribution in [0.2, 0.25) is 0 Å². The molecule has 2 aliphatic heterocycles. The molecule has 1 atom stereocenters. The number of hydrogen-bond donors (Lipinski definition) is 0. The summed E-state index contributed by atoms with van der Waals surface area (Å²) in [6, 6.07) is 15.2. The number of nitrogens with zero attached hydrogens (tertiary/aromatic N) is 2. The second-order valence-corrected chi connectivity index (χ2v) is 7.60. The molecule has 0 bridgehead atoms. The number of rotatable bonds is 1. The Bertz CT molecular complexity index is 824. The maximum absolute atomic E-state index is 13.1. The molecule has 0 unspecified atom stereocenters. The summed E-state index contributed by atoms with van der Waals surface area (Å²) in [4.78, 5) is 28.0. The molecule has 116 valence electrons. The van der Waals surface area contributed by atoms with Crippen LogP contribution in [0.1, 0.15) is 5.56 Å². The van der Waals surface area contributed by atoms with E-state index in [-0.39, 0.29) is 11.8 Å². The Kier molecular flexibility index (Phi) is 3.28. The Morgan fingerprint density at radius 3 is 2.52 bits per heavy atom. The first kappa shape index (κ1) is 14.8. The molecule has 2 heterocycles. The van der Waals surface area contributed by atoms with E-state index < -0.39 is 4.87 Å². The van der Waals surface area contributed by atoms with Crippen LogP contribution < -0.4 is 9.80 Å². The molecule has 4 nitrogen and oxygen atoms in total. The van der Waals surface area contributed by atoms with Gasteiger partial charge in [-0.2, -0.15) is 0 Å². The molecule has 6 heteroatoms. The van der Waals surface area contributed by atoms with E-state index in [2.05, 4.69) is 15.9 Å². The molecule has 2 amide bonds. The molecule has 0 radical (unpaired) electrons. The summed E-state index contributed by atoms with van der Waals surface area (Å²) in [5.41, 5.74) is 2.48. The van der Waals surface area contributed by atoms with Gasteiger partial charge in [-0.1, -0.05) is 34.1 Å². The van der Waals surface area contributed by atoms with Crippen molar-refractivity contribution in [1.82, 2.24) is 0 Å². The zero-order valence-electron chi connectivity index (χ0n) is 12.3. The molecule has 1 fully saturated rings. The third kappa shape index (κ3) is 1.91. The first-order valence-electron chi connectivity index (χ1n) is 7.16. The minimum atomic E-state index is -0.990. The molecular formula is C17H13BrN2O2S. The molecular weight excluding hydrogens is 376 g/mol. The highest BCUT2D eigenvalue weighted by Gasteiger charge is 2.60. The summed E-state index contributed by atoms with van der Waals surface area (Å²) in [7, 11) is 1.76. The van der Waals surface area contributed by atoms with Crippen LogP contribution in [0.4, 0.5) is 11.4 Å². The molecule has 2 aromatic carbocycles. The molecule has 0 aliphatic carbocycles. The summed E-state index contributed by atoms with van der Waals surface area (Å²) < 4.78 is 0.935. The van der Waals surface area contributed by atoms with Crippen LogP contribution in [0.5, 0.6) is 0 Å². The normalized spacial score (nSPS) is 23.0. The highest BCUT2D eigenvalue weighted by atomic mass is 79.9. The Balaban J connectivity index is 1.94. The number of carbonyl (C=O) groups is 2. The van der Waals surface area contributed by atoms with Gasteiger partial charge in [0.25, 0.3) is 5.91 Å². The standard InChI is InChI=1S/C17H13BrN2O2S/c1-19-14-5-3-2-4-13(14)17(16(19)22)20(15(21)10-23-17)12-8-6-11(18)7-9-12/h2-9H,10H2,1H3/t17-/m1/s1. The van der Waals surface area contributed by atoms with Gasteiger partial charge >= 0.3 is 0 Å². The first-order valence-corrected chi connectivity index (χ1v) is 8.94. The number of carbonyl (C=O) groups excluding carboxylic acids is 2. The number of benzene rings is 2. The smallest absolute Gasteiger partial charge is 0.268 e. The lowest BCUT2D eigenvalue weighted by Crippen LogP contribution is -2.49. The van der Waals surface area contributed by atoms with Gasteiger partial charge in [-0.3, -0.25) is 14.5 Å². The lowest BCUT2D eigenvalue weighted by molar-refractivity contribution is -0.123. The number of hydrogen-bond acceptors (Lipinski definition) is 3. The molecule has 23 heavy (non-hydrogen) atoms. The van der Waals surface area contributed by atoms with E-state index >= 15 is 0 Å². The number of para-hydroxylation sites is 1. The highest BCUT2D eigenvalue weighted by molar-refractivity contribution is 9.10. The average molecular weight is 389 g/mol. The third-order valence-corrected chi connectivity index (χ3v) is 6.19. The Morgan fingerprint density at radius 2 is 1.78 bits per heavy atom. The van der Waals surface area contributed by atoms with Crippen molar-refractivity contribution in [1.29, 1.82) is 0 Å². The SMILES string of the molecule is CN1C(=O)[C@]2(SCC(=O)N2c2ccc(Br)cc2)c2ccccc21. The van der Waals surface area contributed by atoms with E-state index in [4.69, 9.17) is 0 Å². The number of fused-ring (bicyclic) bond motifs is 2. The average Bonchev–Trinajstić information content (AvgIpc) is 3.01. The van der Waals surface area contributed by atoms with Crippen molar-refractivity contribution in [2.24, 2.45) is 0 Å². The summed E-state index contributed by atoms with van der Waals surface area (Å²) in [5.74, 6) is 0.178. The minimum Gasteiger partial charge on any atom is -0.312 e. The van der Waals surface area contributed by atoms with Crippen molar-refractivity contribution in [3.8, 4) is 0 Å². The van der Waals surface area contributed by atoms with Crippen LogP contribution in [0.15, 0.2) is 53.0 Å². The second kappa shape index (κ2) is 5.11. The number of amides is 2. The molecule has 4 rings (SSSR count). The van der Waals surface area contributed by atoms with E-state index in [9.17, 15) is 9.59 Å². The Morgan fingerprint density at radius 1 is 1.09 bits per heavy atom. The topological polar surface area (TPSA) is 40.6 Å². The van der Waals surface area contributed by atoms with E-state index in [1.54, 1.807) is 16.8 Å². The second-order valence-electron chi connectivity index (χ2n) is 5.52. The van der Waals surface area contributed by atoms with Crippen molar-refractivity contribution in [3.63, 3.8) is 0 Å². The monoisotopic (exact) mass is 388 g/mol. The van der Waals surface area contributed by atoms with E-state index in [1.807, 2.05) is 48.5 Å². The largest absolute Gasteiger partial charge is 0.312 e. The van der Waals surface area contributed by atoms with E-state index in [0.29, 0.717) is 5.75 Å². The minimum absolute atomic E-state index is 0.0456. The lowest BCUT2D eigenvalue weighted by atomic mass is 10.0. The predicted octanol–water partition coefficient (Wildman–Crippen LogP) is 3.36. The van der Waals surface area contributed by atoms with Gasteiger partial charge in [0.2, 0.25) is 10.8 Å². The fraction of sp³-hybridized carbons (Fsp3) is 0.176. The fourth-order valence-electron chi connectivity index (χ4n) is 3.25. The van der Waals surface area contributed by atoms with Gasteiger partial charge < -0.3 is 4.90 Å². The highest BCUT2D eigenvalue weighted by Crippen LogP contribution is 2.55. The maximum Gasteiger partial charge on any atom is 0.268 e. The van der Waals surface area contributed by atoms with Crippen molar-refractivity contribution in [2.75, 3.05) is 22.6 Å². The van der Waals surface area contributed by atoms with Gasteiger partial charge in [-0.15, -0.1) is 11.8 Å². The predicted molar refractivity (Wildman–Crippen MR) is 95.6 cm³/mol. The number of anilines is 2. The van der Waals surface area contributed by atoms with Crippen LogP contribution in [-0.2, 0) is 14.5 Å².